The number of rotatable bonds is 4. The lowest BCUT2D eigenvalue weighted by Crippen LogP contribution is -2.02. The number of aromatic nitrogens is 3. The molecule has 0 aromatic carbocycles. The standard InChI is InChI=1S/C13H12N4OS/c1-18-11-6-9(2-4-14-11)7-15-12-10-3-5-19-13(10)17-8-16-12/h2-6,8H,7H2,1H3,(H,15,16,17). The van der Waals surface area contributed by atoms with Crippen LogP contribution in [0.1, 0.15) is 5.56 Å². The van der Waals surface area contributed by atoms with E-state index in [0.29, 0.717) is 12.4 Å². The van der Waals surface area contributed by atoms with Gasteiger partial charge in [-0.25, -0.2) is 15.0 Å². The molecule has 3 heterocycles. The van der Waals surface area contributed by atoms with Crippen molar-refractivity contribution in [2.45, 2.75) is 6.54 Å². The first-order valence-corrected chi connectivity index (χ1v) is 6.66. The van der Waals surface area contributed by atoms with Gasteiger partial charge in [-0.3, -0.25) is 0 Å². The highest BCUT2D eigenvalue weighted by Crippen LogP contribution is 2.24. The van der Waals surface area contributed by atoms with Gasteiger partial charge in [0.05, 0.1) is 12.5 Å². The fourth-order valence-electron chi connectivity index (χ4n) is 1.79. The molecule has 19 heavy (non-hydrogen) atoms. The largest absolute Gasteiger partial charge is 0.481 e. The molecule has 3 aromatic rings. The molecule has 0 aliphatic carbocycles. The van der Waals surface area contributed by atoms with E-state index >= 15 is 0 Å². The molecular formula is C13H12N4OS. The van der Waals surface area contributed by atoms with Crippen molar-refractivity contribution in [2.24, 2.45) is 0 Å². The molecule has 0 unspecified atom stereocenters. The summed E-state index contributed by atoms with van der Waals surface area (Å²) in [7, 11) is 1.61. The first kappa shape index (κ1) is 11.9. The van der Waals surface area contributed by atoms with Crippen LogP contribution in [0.5, 0.6) is 5.88 Å². The van der Waals surface area contributed by atoms with Gasteiger partial charge in [-0.15, -0.1) is 11.3 Å². The molecule has 3 rings (SSSR count). The Hall–Kier alpha value is -2.21. The summed E-state index contributed by atoms with van der Waals surface area (Å²) < 4.78 is 5.10. The molecule has 0 aliphatic rings. The van der Waals surface area contributed by atoms with Gasteiger partial charge in [0.1, 0.15) is 17.0 Å². The van der Waals surface area contributed by atoms with Gasteiger partial charge < -0.3 is 10.1 Å². The number of nitrogens with zero attached hydrogens (tertiary/aromatic N) is 3. The second kappa shape index (κ2) is 5.19. The Morgan fingerprint density at radius 3 is 3.11 bits per heavy atom. The topological polar surface area (TPSA) is 59.9 Å². The normalized spacial score (nSPS) is 10.6. The minimum Gasteiger partial charge on any atom is -0.481 e. The van der Waals surface area contributed by atoms with Crippen molar-refractivity contribution in [1.82, 2.24) is 15.0 Å². The van der Waals surface area contributed by atoms with Crippen molar-refractivity contribution in [3.05, 3.63) is 41.7 Å². The van der Waals surface area contributed by atoms with Crippen LogP contribution in [0.15, 0.2) is 36.1 Å². The van der Waals surface area contributed by atoms with Crippen molar-refractivity contribution in [1.29, 1.82) is 0 Å². The minimum absolute atomic E-state index is 0.614. The van der Waals surface area contributed by atoms with Crippen molar-refractivity contribution in [2.75, 3.05) is 12.4 Å². The maximum Gasteiger partial charge on any atom is 0.213 e. The van der Waals surface area contributed by atoms with Crippen LogP contribution in [0.3, 0.4) is 0 Å². The first-order valence-electron chi connectivity index (χ1n) is 5.78. The lowest BCUT2D eigenvalue weighted by molar-refractivity contribution is 0.397. The van der Waals surface area contributed by atoms with Crippen LogP contribution in [-0.2, 0) is 6.54 Å². The summed E-state index contributed by atoms with van der Waals surface area (Å²) in [5.74, 6) is 1.46. The molecule has 6 heteroatoms. The van der Waals surface area contributed by atoms with Gasteiger partial charge in [-0.05, 0) is 23.1 Å². The Morgan fingerprint density at radius 2 is 2.21 bits per heavy atom. The summed E-state index contributed by atoms with van der Waals surface area (Å²) in [5.41, 5.74) is 1.09. The molecule has 5 nitrogen and oxygen atoms in total. The minimum atomic E-state index is 0.614. The Morgan fingerprint density at radius 1 is 1.26 bits per heavy atom. The number of thiophene rings is 1. The Balaban J connectivity index is 1.80. The maximum absolute atomic E-state index is 5.10. The average Bonchev–Trinajstić information content (AvgIpc) is 2.94. The van der Waals surface area contributed by atoms with E-state index in [0.717, 1.165) is 21.6 Å². The zero-order valence-electron chi connectivity index (χ0n) is 10.3. The third-order valence-electron chi connectivity index (χ3n) is 2.73. The second-order valence-corrected chi connectivity index (χ2v) is 4.82. The molecule has 0 bridgehead atoms. The van der Waals surface area contributed by atoms with Gasteiger partial charge in [0.15, 0.2) is 0 Å². The van der Waals surface area contributed by atoms with Crippen LogP contribution in [0.25, 0.3) is 10.2 Å². The SMILES string of the molecule is COc1cc(CNc2ncnc3sccc23)ccn1. The number of hydrogen-bond acceptors (Lipinski definition) is 6. The lowest BCUT2D eigenvalue weighted by Gasteiger charge is -2.07. The summed E-state index contributed by atoms with van der Waals surface area (Å²) >= 11 is 1.61. The van der Waals surface area contributed by atoms with Crippen LogP contribution >= 0.6 is 11.3 Å². The van der Waals surface area contributed by atoms with E-state index < -0.39 is 0 Å². The van der Waals surface area contributed by atoms with E-state index in [1.807, 2.05) is 23.6 Å². The number of nitrogens with one attached hydrogen (secondary N) is 1. The Labute approximate surface area is 114 Å². The van der Waals surface area contributed by atoms with Crippen LogP contribution < -0.4 is 10.1 Å². The van der Waals surface area contributed by atoms with Crippen LogP contribution in [0.4, 0.5) is 5.82 Å². The van der Waals surface area contributed by atoms with Gasteiger partial charge in [-0.2, -0.15) is 0 Å². The molecule has 0 aliphatic heterocycles. The molecule has 1 N–H and O–H groups in total. The van der Waals surface area contributed by atoms with Gasteiger partial charge in [0.2, 0.25) is 5.88 Å². The second-order valence-electron chi connectivity index (χ2n) is 3.92. The zero-order chi connectivity index (χ0) is 13.1. The van der Waals surface area contributed by atoms with Crippen LogP contribution in [0, 0.1) is 0 Å². The quantitative estimate of drug-likeness (QED) is 0.791. The van der Waals surface area contributed by atoms with Crippen molar-refractivity contribution in [3.8, 4) is 5.88 Å². The van der Waals surface area contributed by atoms with E-state index in [9.17, 15) is 0 Å². The van der Waals surface area contributed by atoms with Crippen LogP contribution in [-0.4, -0.2) is 22.1 Å². The Bertz CT molecular complexity index is 698. The summed E-state index contributed by atoms with van der Waals surface area (Å²) in [6.45, 7) is 0.668. The average molecular weight is 272 g/mol. The van der Waals surface area contributed by atoms with Crippen molar-refractivity contribution < 1.29 is 4.74 Å². The summed E-state index contributed by atoms with van der Waals surface area (Å²) in [4.78, 5) is 13.6. The van der Waals surface area contributed by atoms with E-state index in [2.05, 4.69) is 20.3 Å². The monoisotopic (exact) mass is 272 g/mol. The number of methoxy groups -OCH3 is 1. The number of pyridine rings is 1. The fraction of sp³-hybridized carbons (Fsp3) is 0.154. The number of hydrogen-bond donors (Lipinski definition) is 1. The molecule has 0 saturated heterocycles. The van der Waals surface area contributed by atoms with Gasteiger partial charge in [-0.1, -0.05) is 0 Å². The van der Waals surface area contributed by atoms with E-state index in [4.69, 9.17) is 4.74 Å². The first-order chi connectivity index (χ1) is 9.36. The molecule has 0 atom stereocenters. The third-order valence-corrected chi connectivity index (χ3v) is 3.55. The molecule has 0 amide bonds. The van der Waals surface area contributed by atoms with Gasteiger partial charge >= 0.3 is 0 Å². The number of ether oxygens (including phenoxy) is 1. The molecule has 3 aromatic heterocycles. The fourth-order valence-corrected chi connectivity index (χ4v) is 2.52. The molecular weight excluding hydrogens is 260 g/mol. The molecule has 96 valence electrons. The lowest BCUT2D eigenvalue weighted by atomic mass is 10.2. The smallest absolute Gasteiger partial charge is 0.213 e. The maximum atomic E-state index is 5.10. The molecule has 0 spiro atoms. The zero-order valence-corrected chi connectivity index (χ0v) is 11.1. The van der Waals surface area contributed by atoms with E-state index in [-0.39, 0.29) is 0 Å². The number of fused-ring (bicyclic) bond motifs is 1. The van der Waals surface area contributed by atoms with E-state index in [1.54, 1.807) is 31.0 Å². The highest BCUT2D eigenvalue weighted by Gasteiger charge is 2.04. The summed E-state index contributed by atoms with van der Waals surface area (Å²) in [5, 5.41) is 6.38. The van der Waals surface area contributed by atoms with E-state index in [1.165, 1.54) is 0 Å². The predicted molar refractivity (Wildman–Crippen MR) is 75.5 cm³/mol. The summed E-state index contributed by atoms with van der Waals surface area (Å²) in [6.07, 6.45) is 3.31. The van der Waals surface area contributed by atoms with Gasteiger partial charge in [0.25, 0.3) is 0 Å². The Kier molecular flexibility index (Phi) is 3.24. The highest BCUT2D eigenvalue weighted by molar-refractivity contribution is 7.16. The predicted octanol–water partition coefficient (Wildman–Crippen LogP) is 2.71. The molecule has 0 radical (unpaired) electrons. The highest BCUT2D eigenvalue weighted by atomic mass is 32.1. The van der Waals surface area contributed by atoms with Crippen molar-refractivity contribution >= 4 is 27.4 Å². The third kappa shape index (κ3) is 2.48. The number of anilines is 1. The molecule has 0 fully saturated rings. The van der Waals surface area contributed by atoms with Crippen molar-refractivity contribution in [3.63, 3.8) is 0 Å². The van der Waals surface area contributed by atoms with Crippen LogP contribution in [0.2, 0.25) is 0 Å². The molecule has 0 saturated carbocycles. The van der Waals surface area contributed by atoms with Gasteiger partial charge in [0, 0.05) is 18.8 Å². The summed E-state index contributed by atoms with van der Waals surface area (Å²) in [6, 6.07) is 5.87.